The van der Waals surface area contributed by atoms with Crippen molar-refractivity contribution >= 4 is 46.7 Å². The molecule has 12 nitrogen and oxygen atoms in total. The first kappa shape index (κ1) is 36.8. The molecule has 5 rings (SSSR count). The Kier molecular flexibility index (Phi) is 11.4. The van der Waals surface area contributed by atoms with Gasteiger partial charge in [-0.05, 0) is 62.5 Å². The van der Waals surface area contributed by atoms with Crippen molar-refractivity contribution in [3.63, 3.8) is 0 Å². The summed E-state index contributed by atoms with van der Waals surface area (Å²) in [6.45, 7) is 7.52. The summed E-state index contributed by atoms with van der Waals surface area (Å²) in [5, 5.41) is 13.5. The van der Waals surface area contributed by atoms with Crippen LogP contribution in [0.3, 0.4) is 0 Å². The molecule has 1 aromatic rings. The number of rotatable bonds is 12. The molecule has 268 valence electrons. The van der Waals surface area contributed by atoms with Crippen molar-refractivity contribution < 1.29 is 33.5 Å². The molecule has 0 radical (unpaired) electrons. The highest BCUT2D eigenvalue weighted by Crippen LogP contribution is 2.40. The number of nitrogens with zero attached hydrogens (tertiary/aromatic N) is 2. The summed E-state index contributed by atoms with van der Waals surface area (Å²) in [6, 6.07) is 4.18. The first-order valence-electron chi connectivity index (χ1n) is 17.5. The molecular formula is C36H50ClN5O7. The number of nitrogens with one attached hydrogen (secondary N) is 3. The molecular weight excluding hydrogens is 650 g/mol. The van der Waals surface area contributed by atoms with Crippen LogP contribution in [-0.4, -0.2) is 89.6 Å². The molecule has 13 heteroatoms. The summed E-state index contributed by atoms with van der Waals surface area (Å²) in [6.07, 6.45) is 5.85. The summed E-state index contributed by atoms with van der Waals surface area (Å²) >= 11 is 6.25. The van der Waals surface area contributed by atoms with Gasteiger partial charge in [-0.25, -0.2) is 0 Å². The summed E-state index contributed by atoms with van der Waals surface area (Å²) in [5.41, 5.74) is -0.311. The van der Waals surface area contributed by atoms with Gasteiger partial charge in [-0.1, -0.05) is 63.0 Å². The number of amides is 4. The Hall–Kier alpha value is -3.51. The van der Waals surface area contributed by atoms with Crippen molar-refractivity contribution in [2.24, 2.45) is 16.5 Å². The Labute approximate surface area is 293 Å². The van der Waals surface area contributed by atoms with E-state index < -0.39 is 52.6 Å². The normalized spacial score (nSPS) is 26.4. The van der Waals surface area contributed by atoms with Crippen molar-refractivity contribution in [1.82, 2.24) is 20.9 Å². The fourth-order valence-corrected chi connectivity index (χ4v) is 7.25. The lowest BCUT2D eigenvalue weighted by atomic mass is 9.83. The number of Topliss-reactive ketones (excluding diaryl/α,β-unsaturated/α-hetero) is 1. The van der Waals surface area contributed by atoms with Crippen LogP contribution in [0.4, 0.5) is 0 Å². The third kappa shape index (κ3) is 8.81. The minimum Gasteiger partial charge on any atom is -0.387 e. The van der Waals surface area contributed by atoms with Crippen LogP contribution in [0.2, 0.25) is 5.02 Å². The quantitative estimate of drug-likeness (QED) is 0.281. The molecule has 1 aromatic carbocycles. The average Bonchev–Trinajstić information content (AvgIpc) is 3.66. The van der Waals surface area contributed by atoms with Gasteiger partial charge in [0, 0.05) is 42.5 Å². The zero-order valence-electron chi connectivity index (χ0n) is 29.2. The third-order valence-corrected chi connectivity index (χ3v) is 10.3. The molecule has 4 aliphatic rings. The highest BCUT2D eigenvalue weighted by molar-refractivity contribution is 6.38. The van der Waals surface area contributed by atoms with Crippen molar-refractivity contribution in [2.45, 2.75) is 128 Å². The molecule has 2 heterocycles. The molecule has 0 aromatic heterocycles. The van der Waals surface area contributed by atoms with Crippen molar-refractivity contribution in [3.05, 3.63) is 34.9 Å². The van der Waals surface area contributed by atoms with Crippen LogP contribution >= 0.6 is 11.6 Å². The SMILES string of the molecule is CCC[C@H](NC(=O)[C@@H]1C[C@]2(CC(c3cccc(Cl)c3)=NO2)CN1C(=O)[C@@H](NC(=O)[C@H]1CC[C@H](OC)CC1)C(C)(C)C)C(=O)C(=O)NC1CC1. The predicted octanol–water partition coefficient (Wildman–Crippen LogP) is 3.67. The zero-order valence-corrected chi connectivity index (χ0v) is 29.9. The molecule has 1 spiro atoms. The van der Waals surface area contributed by atoms with Gasteiger partial charge in [-0.15, -0.1) is 0 Å². The van der Waals surface area contributed by atoms with Crippen LogP contribution in [0.15, 0.2) is 29.4 Å². The largest absolute Gasteiger partial charge is 0.387 e. The van der Waals surface area contributed by atoms with Gasteiger partial charge < -0.3 is 30.4 Å². The first-order valence-corrected chi connectivity index (χ1v) is 17.9. The molecule has 49 heavy (non-hydrogen) atoms. The molecule has 2 saturated carbocycles. The fraction of sp³-hybridized carbons (Fsp3) is 0.667. The number of methoxy groups -OCH3 is 1. The van der Waals surface area contributed by atoms with E-state index in [1.165, 1.54) is 4.90 Å². The van der Waals surface area contributed by atoms with Gasteiger partial charge in [0.15, 0.2) is 5.60 Å². The zero-order chi connectivity index (χ0) is 35.5. The number of halogens is 1. The van der Waals surface area contributed by atoms with Gasteiger partial charge >= 0.3 is 0 Å². The highest BCUT2D eigenvalue weighted by Gasteiger charge is 2.56. The number of oxime groups is 1. The Morgan fingerprint density at radius 1 is 1.06 bits per heavy atom. The molecule has 4 atom stereocenters. The highest BCUT2D eigenvalue weighted by atomic mass is 35.5. The summed E-state index contributed by atoms with van der Waals surface area (Å²) in [7, 11) is 1.68. The standard InChI is InChI=1S/C36H50ClN5O7/c1-6-8-26(29(43)33(46)38-24-13-14-24)39-32(45)28-19-36(18-27(41-49-36)22-9-7-10-23(37)17-22)20-42(28)34(47)30(35(2,3)4)40-31(44)21-11-15-25(48-5)16-12-21/h7,9-10,17,21,24-26,28,30H,6,8,11-16,18-20H2,1-5H3,(H,38,46)(H,39,45)(H,40,44)/t21-,25-,26-,28-,30+,36+/m0/s1. The lowest BCUT2D eigenvalue weighted by Gasteiger charge is -2.37. The topological polar surface area (TPSA) is 156 Å². The van der Waals surface area contributed by atoms with E-state index in [4.69, 9.17) is 21.2 Å². The second-order valence-electron chi connectivity index (χ2n) is 15.2. The number of carbonyl (C=O) groups is 5. The molecule has 4 amide bonds. The van der Waals surface area contributed by atoms with E-state index in [0.717, 1.165) is 31.2 Å². The molecule has 0 bridgehead atoms. The molecule has 3 fully saturated rings. The lowest BCUT2D eigenvalue weighted by Crippen LogP contribution is -2.59. The predicted molar refractivity (Wildman–Crippen MR) is 184 cm³/mol. The number of ketones is 1. The van der Waals surface area contributed by atoms with Crippen LogP contribution in [0.25, 0.3) is 0 Å². The van der Waals surface area contributed by atoms with E-state index in [1.807, 2.05) is 39.8 Å². The number of benzene rings is 1. The maximum absolute atomic E-state index is 14.6. The van der Waals surface area contributed by atoms with E-state index in [1.54, 1.807) is 19.2 Å². The number of carbonyl (C=O) groups excluding carboxylic acids is 5. The second-order valence-corrected chi connectivity index (χ2v) is 15.6. The Bertz CT molecular complexity index is 1470. The van der Waals surface area contributed by atoms with Gasteiger partial charge in [-0.3, -0.25) is 24.0 Å². The second kappa shape index (κ2) is 15.2. The summed E-state index contributed by atoms with van der Waals surface area (Å²) < 4.78 is 5.47. The van der Waals surface area contributed by atoms with Crippen LogP contribution in [0.5, 0.6) is 0 Å². The molecule has 2 aliphatic carbocycles. The minimum atomic E-state index is -1.05. The fourth-order valence-electron chi connectivity index (χ4n) is 7.06. The van der Waals surface area contributed by atoms with Crippen LogP contribution < -0.4 is 16.0 Å². The van der Waals surface area contributed by atoms with Crippen molar-refractivity contribution in [1.29, 1.82) is 0 Å². The Morgan fingerprint density at radius 3 is 2.39 bits per heavy atom. The van der Waals surface area contributed by atoms with Gasteiger partial charge in [0.2, 0.25) is 23.5 Å². The molecule has 3 N–H and O–H groups in total. The van der Waals surface area contributed by atoms with Crippen molar-refractivity contribution in [2.75, 3.05) is 13.7 Å². The molecule has 2 aliphatic heterocycles. The maximum Gasteiger partial charge on any atom is 0.289 e. The van der Waals surface area contributed by atoms with E-state index in [-0.39, 0.29) is 43.4 Å². The smallest absolute Gasteiger partial charge is 0.289 e. The number of hydrogen-bond donors (Lipinski definition) is 3. The van der Waals surface area contributed by atoms with E-state index >= 15 is 0 Å². The van der Waals surface area contributed by atoms with E-state index in [9.17, 15) is 24.0 Å². The Balaban J connectivity index is 1.39. The molecule has 0 unspecified atom stereocenters. The minimum absolute atomic E-state index is 0.00926. The number of ether oxygens (including phenoxy) is 1. The number of hydrogen-bond acceptors (Lipinski definition) is 8. The van der Waals surface area contributed by atoms with Gasteiger partial charge in [-0.2, -0.15) is 0 Å². The van der Waals surface area contributed by atoms with Gasteiger partial charge in [0.1, 0.15) is 12.1 Å². The lowest BCUT2D eigenvalue weighted by molar-refractivity contribution is -0.146. The summed E-state index contributed by atoms with van der Waals surface area (Å²) in [4.78, 5) is 75.7. The van der Waals surface area contributed by atoms with E-state index in [2.05, 4.69) is 21.1 Å². The van der Waals surface area contributed by atoms with Crippen LogP contribution in [-0.2, 0) is 33.5 Å². The van der Waals surface area contributed by atoms with Crippen LogP contribution in [0.1, 0.15) is 97.5 Å². The Morgan fingerprint density at radius 2 is 1.78 bits per heavy atom. The maximum atomic E-state index is 14.6. The van der Waals surface area contributed by atoms with Crippen molar-refractivity contribution in [3.8, 4) is 0 Å². The third-order valence-electron chi connectivity index (χ3n) is 10.1. The van der Waals surface area contributed by atoms with Gasteiger partial charge in [0.05, 0.1) is 24.4 Å². The van der Waals surface area contributed by atoms with Crippen LogP contribution in [0, 0.1) is 11.3 Å². The number of likely N-dealkylation sites (tertiary alicyclic amines) is 1. The average molecular weight is 700 g/mol. The molecule has 1 saturated heterocycles. The monoisotopic (exact) mass is 699 g/mol. The van der Waals surface area contributed by atoms with Gasteiger partial charge in [0.25, 0.3) is 5.91 Å². The first-order chi connectivity index (χ1) is 23.2. The summed E-state index contributed by atoms with van der Waals surface area (Å²) in [5.74, 6) is -2.86. The van der Waals surface area contributed by atoms with E-state index in [0.29, 0.717) is 36.4 Å².